The number of nitrogens with two attached hydrogens (primary N) is 2. The smallest absolute Gasteiger partial charge is 0.365 e. The molecule has 1 aromatic carbocycles. The van der Waals surface area contributed by atoms with Crippen LogP contribution in [0.3, 0.4) is 0 Å². The number of aromatic nitrogens is 2. The minimum absolute atomic E-state index is 0.0278. The second-order valence-electron chi connectivity index (χ2n) is 5.08. The van der Waals surface area contributed by atoms with E-state index in [1.807, 2.05) is 0 Å². The van der Waals surface area contributed by atoms with Gasteiger partial charge in [-0.1, -0.05) is 6.07 Å². The van der Waals surface area contributed by atoms with Gasteiger partial charge in [-0.3, -0.25) is 4.79 Å². The number of primary amides is 1. The number of alkyl halides is 3. The van der Waals surface area contributed by atoms with E-state index in [-0.39, 0.29) is 23.6 Å². The van der Waals surface area contributed by atoms with Gasteiger partial charge in [0.25, 0.3) is 5.91 Å². The number of carbonyl (C=O) groups is 1. The molecule has 0 saturated carbocycles. The van der Waals surface area contributed by atoms with Gasteiger partial charge in [0.1, 0.15) is 17.2 Å². The van der Waals surface area contributed by atoms with Crippen LogP contribution in [0.25, 0.3) is 0 Å². The molecule has 1 heterocycles. The molecule has 0 aliphatic carbocycles. The summed E-state index contributed by atoms with van der Waals surface area (Å²) in [7, 11) is 0. The number of carbonyl (C=O) groups excluding carboxylic acids is 1. The monoisotopic (exact) mass is 354 g/mol. The van der Waals surface area contributed by atoms with E-state index in [1.54, 1.807) is 0 Å². The first-order valence-electron chi connectivity index (χ1n) is 7.32. The van der Waals surface area contributed by atoms with E-state index in [0.717, 1.165) is 12.1 Å². The number of halogens is 3. The molecule has 0 unspecified atom stereocenters. The Morgan fingerprint density at radius 1 is 1.28 bits per heavy atom. The SMILES string of the molecule is NCCNCc1ncc(C(N)=O)c(Nc2cccc(C(F)(F)F)c2)n1. The van der Waals surface area contributed by atoms with Crippen molar-refractivity contribution in [1.29, 1.82) is 0 Å². The first-order valence-corrected chi connectivity index (χ1v) is 7.32. The van der Waals surface area contributed by atoms with Crippen LogP contribution in [0.1, 0.15) is 21.7 Å². The highest BCUT2D eigenvalue weighted by atomic mass is 19.4. The largest absolute Gasteiger partial charge is 0.416 e. The van der Waals surface area contributed by atoms with Gasteiger partial charge < -0.3 is 22.1 Å². The average Bonchev–Trinajstić information content (AvgIpc) is 2.54. The quantitative estimate of drug-likeness (QED) is 0.558. The maximum Gasteiger partial charge on any atom is 0.416 e. The van der Waals surface area contributed by atoms with Crippen molar-refractivity contribution in [2.75, 3.05) is 18.4 Å². The molecular weight excluding hydrogens is 337 g/mol. The Labute approximate surface area is 141 Å². The summed E-state index contributed by atoms with van der Waals surface area (Å²) in [6, 6.07) is 4.54. The summed E-state index contributed by atoms with van der Waals surface area (Å²) >= 11 is 0. The third-order valence-electron chi connectivity index (χ3n) is 3.16. The molecule has 0 aliphatic rings. The van der Waals surface area contributed by atoms with Gasteiger partial charge in [0.15, 0.2) is 0 Å². The summed E-state index contributed by atoms with van der Waals surface area (Å²) in [4.78, 5) is 19.6. The molecule has 7 nitrogen and oxygen atoms in total. The minimum Gasteiger partial charge on any atom is -0.365 e. The van der Waals surface area contributed by atoms with Crippen LogP contribution < -0.4 is 22.1 Å². The predicted octanol–water partition coefficient (Wildman–Crippen LogP) is 1.39. The lowest BCUT2D eigenvalue weighted by molar-refractivity contribution is -0.137. The molecule has 0 fully saturated rings. The number of benzene rings is 1. The zero-order valence-electron chi connectivity index (χ0n) is 13.1. The lowest BCUT2D eigenvalue weighted by atomic mass is 10.2. The van der Waals surface area contributed by atoms with Crippen molar-refractivity contribution in [2.24, 2.45) is 11.5 Å². The lowest BCUT2D eigenvalue weighted by Crippen LogP contribution is -2.23. The number of amides is 1. The normalized spacial score (nSPS) is 11.4. The molecule has 1 aromatic heterocycles. The fourth-order valence-corrected chi connectivity index (χ4v) is 1.99. The van der Waals surface area contributed by atoms with E-state index in [2.05, 4.69) is 20.6 Å². The van der Waals surface area contributed by atoms with Crippen LogP contribution in [0.15, 0.2) is 30.5 Å². The molecule has 0 aliphatic heterocycles. The molecule has 6 N–H and O–H groups in total. The Balaban J connectivity index is 2.30. The zero-order chi connectivity index (χ0) is 18.4. The first-order chi connectivity index (χ1) is 11.8. The van der Waals surface area contributed by atoms with Crippen LogP contribution in [-0.4, -0.2) is 29.0 Å². The molecule has 2 rings (SSSR count). The number of hydrogen-bond acceptors (Lipinski definition) is 6. The molecular formula is C15H17F3N6O. The molecule has 0 saturated heterocycles. The summed E-state index contributed by atoms with van der Waals surface area (Å²) in [5.74, 6) is -0.421. The number of rotatable bonds is 7. The maximum atomic E-state index is 12.8. The number of hydrogen-bond donors (Lipinski definition) is 4. The van der Waals surface area contributed by atoms with Crippen molar-refractivity contribution >= 4 is 17.4 Å². The van der Waals surface area contributed by atoms with Gasteiger partial charge in [-0.15, -0.1) is 0 Å². The molecule has 25 heavy (non-hydrogen) atoms. The molecule has 1 amide bonds. The van der Waals surface area contributed by atoms with Crippen LogP contribution in [0.2, 0.25) is 0 Å². The van der Waals surface area contributed by atoms with Gasteiger partial charge in [0, 0.05) is 25.0 Å². The van der Waals surface area contributed by atoms with E-state index >= 15 is 0 Å². The topological polar surface area (TPSA) is 119 Å². The van der Waals surface area contributed by atoms with Crippen molar-refractivity contribution < 1.29 is 18.0 Å². The Morgan fingerprint density at radius 2 is 2.04 bits per heavy atom. The van der Waals surface area contributed by atoms with Gasteiger partial charge in [0.2, 0.25) is 0 Å². The maximum absolute atomic E-state index is 12.8. The number of nitrogens with one attached hydrogen (secondary N) is 2. The highest BCUT2D eigenvalue weighted by Gasteiger charge is 2.30. The van der Waals surface area contributed by atoms with Crippen LogP contribution >= 0.6 is 0 Å². The first kappa shape index (κ1) is 18.6. The van der Waals surface area contributed by atoms with E-state index in [9.17, 15) is 18.0 Å². The summed E-state index contributed by atoms with van der Waals surface area (Å²) in [6.45, 7) is 1.25. The Bertz CT molecular complexity index is 750. The molecule has 0 spiro atoms. The lowest BCUT2D eigenvalue weighted by Gasteiger charge is -2.13. The van der Waals surface area contributed by atoms with E-state index < -0.39 is 17.6 Å². The van der Waals surface area contributed by atoms with Gasteiger partial charge in [-0.05, 0) is 18.2 Å². The van der Waals surface area contributed by atoms with Crippen LogP contribution in [0.4, 0.5) is 24.7 Å². The summed E-state index contributed by atoms with van der Waals surface area (Å²) in [6.07, 6.45) is -3.25. The summed E-state index contributed by atoms with van der Waals surface area (Å²) in [5.41, 5.74) is 9.91. The van der Waals surface area contributed by atoms with Crippen molar-refractivity contribution in [3.8, 4) is 0 Å². The Hall–Kier alpha value is -2.72. The van der Waals surface area contributed by atoms with Crippen LogP contribution in [-0.2, 0) is 12.7 Å². The number of nitrogens with zero attached hydrogens (tertiary/aromatic N) is 2. The highest BCUT2D eigenvalue weighted by molar-refractivity contribution is 5.97. The van der Waals surface area contributed by atoms with Crippen molar-refractivity contribution in [3.63, 3.8) is 0 Å². The molecule has 0 radical (unpaired) electrons. The van der Waals surface area contributed by atoms with Crippen molar-refractivity contribution in [1.82, 2.24) is 15.3 Å². The minimum atomic E-state index is -4.48. The molecule has 2 aromatic rings. The average molecular weight is 354 g/mol. The molecule has 134 valence electrons. The van der Waals surface area contributed by atoms with Gasteiger partial charge in [0.05, 0.1) is 12.1 Å². The van der Waals surface area contributed by atoms with E-state index in [1.165, 1.54) is 18.3 Å². The van der Waals surface area contributed by atoms with Crippen molar-refractivity contribution in [3.05, 3.63) is 47.4 Å². The zero-order valence-corrected chi connectivity index (χ0v) is 13.1. The number of anilines is 2. The standard InChI is InChI=1S/C15H17F3N6O/c16-15(17,18)9-2-1-3-10(6-9)23-14-11(13(20)25)7-22-12(24-14)8-21-5-4-19/h1-3,6-7,21H,4-5,8,19H2,(H2,20,25)(H,22,23,24). The van der Waals surface area contributed by atoms with Gasteiger partial charge in [-0.25, -0.2) is 9.97 Å². The van der Waals surface area contributed by atoms with Crippen molar-refractivity contribution in [2.45, 2.75) is 12.7 Å². The molecule has 0 bridgehead atoms. The Kier molecular flexibility index (Phi) is 5.88. The molecule has 0 atom stereocenters. The predicted molar refractivity (Wildman–Crippen MR) is 86.0 cm³/mol. The second-order valence-corrected chi connectivity index (χ2v) is 5.08. The van der Waals surface area contributed by atoms with Crippen LogP contribution in [0.5, 0.6) is 0 Å². The fraction of sp³-hybridized carbons (Fsp3) is 0.267. The second kappa shape index (κ2) is 7.90. The van der Waals surface area contributed by atoms with Crippen LogP contribution in [0, 0.1) is 0 Å². The third-order valence-corrected chi connectivity index (χ3v) is 3.16. The summed E-state index contributed by atoms with van der Waals surface area (Å²) < 4.78 is 38.4. The van der Waals surface area contributed by atoms with Gasteiger partial charge >= 0.3 is 6.18 Å². The third kappa shape index (κ3) is 5.13. The summed E-state index contributed by atoms with van der Waals surface area (Å²) in [5, 5.41) is 5.67. The van der Waals surface area contributed by atoms with Gasteiger partial charge in [-0.2, -0.15) is 13.2 Å². The Morgan fingerprint density at radius 3 is 2.68 bits per heavy atom. The molecule has 10 heteroatoms. The van der Waals surface area contributed by atoms with E-state index in [0.29, 0.717) is 18.9 Å². The highest BCUT2D eigenvalue weighted by Crippen LogP contribution is 2.31. The fourth-order valence-electron chi connectivity index (χ4n) is 1.99. The van der Waals surface area contributed by atoms with E-state index in [4.69, 9.17) is 11.5 Å².